The molecule has 0 spiro atoms. The fourth-order valence-corrected chi connectivity index (χ4v) is 3.07. The van der Waals surface area contributed by atoms with Crippen LogP contribution in [0, 0.1) is 11.3 Å². The molecule has 1 N–H and O–H groups in total. The Balaban J connectivity index is 2.02. The molecule has 1 aromatic carbocycles. The van der Waals surface area contributed by atoms with Crippen molar-refractivity contribution >= 4 is 0 Å². The van der Waals surface area contributed by atoms with Crippen LogP contribution in [0.15, 0.2) is 36.5 Å². The average Bonchev–Trinajstić information content (AvgIpc) is 2.93. The van der Waals surface area contributed by atoms with E-state index in [1.807, 2.05) is 18.3 Å². The van der Waals surface area contributed by atoms with Crippen LogP contribution in [0.5, 0.6) is 0 Å². The molecule has 1 aromatic heterocycles. The van der Waals surface area contributed by atoms with Gasteiger partial charge in [0.15, 0.2) is 0 Å². The van der Waals surface area contributed by atoms with Gasteiger partial charge in [0.25, 0.3) is 0 Å². The Labute approximate surface area is 107 Å². The second-order valence-corrected chi connectivity index (χ2v) is 5.68. The second-order valence-electron chi connectivity index (χ2n) is 5.68. The van der Waals surface area contributed by atoms with Gasteiger partial charge in [0, 0.05) is 23.2 Å². The molecule has 1 heterocycles. The fraction of sp³-hybridized carbons (Fsp3) is 0.312. The third-order valence-electron chi connectivity index (χ3n) is 3.99. The molecule has 18 heavy (non-hydrogen) atoms. The first-order chi connectivity index (χ1) is 8.62. The zero-order chi connectivity index (χ0) is 12.8. The third kappa shape index (κ3) is 1.55. The molecule has 0 radical (unpaired) electrons. The number of benzene rings is 1. The Hall–Kier alpha value is -2.01. The van der Waals surface area contributed by atoms with E-state index in [9.17, 15) is 0 Å². The summed E-state index contributed by atoms with van der Waals surface area (Å²) in [6.45, 7) is 4.57. The Kier molecular flexibility index (Phi) is 2.31. The Morgan fingerprint density at radius 2 is 1.94 bits per heavy atom. The molecule has 1 atom stereocenters. The molecule has 3 rings (SSSR count). The summed E-state index contributed by atoms with van der Waals surface area (Å²) < 4.78 is 0. The molecule has 2 nitrogen and oxygen atoms in total. The number of hydrogen-bond donors (Lipinski definition) is 1. The van der Waals surface area contributed by atoms with E-state index in [0.717, 1.165) is 12.0 Å². The molecule has 0 aliphatic heterocycles. The summed E-state index contributed by atoms with van der Waals surface area (Å²) in [7, 11) is 0. The van der Waals surface area contributed by atoms with Gasteiger partial charge in [0.05, 0.1) is 11.6 Å². The summed E-state index contributed by atoms with van der Waals surface area (Å²) in [5.74, 6) is 0.453. The molecule has 1 unspecified atom stereocenters. The number of rotatable bonds is 1. The van der Waals surface area contributed by atoms with Crippen LogP contribution in [0.3, 0.4) is 0 Å². The van der Waals surface area contributed by atoms with Gasteiger partial charge in [-0.1, -0.05) is 26.0 Å². The molecule has 2 aromatic rings. The lowest BCUT2D eigenvalue weighted by Crippen LogP contribution is -2.13. The number of nitrogens with one attached hydrogen (secondary N) is 1. The van der Waals surface area contributed by atoms with E-state index in [-0.39, 0.29) is 5.41 Å². The maximum absolute atomic E-state index is 8.85. The lowest BCUT2D eigenvalue weighted by atomic mass is 9.86. The van der Waals surface area contributed by atoms with Gasteiger partial charge < -0.3 is 4.98 Å². The van der Waals surface area contributed by atoms with E-state index >= 15 is 0 Å². The van der Waals surface area contributed by atoms with Crippen LogP contribution < -0.4 is 0 Å². The zero-order valence-electron chi connectivity index (χ0n) is 10.7. The van der Waals surface area contributed by atoms with Crippen molar-refractivity contribution in [3.63, 3.8) is 0 Å². The Morgan fingerprint density at radius 3 is 2.61 bits per heavy atom. The summed E-state index contributed by atoms with van der Waals surface area (Å²) >= 11 is 0. The lowest BCUT2D eigenvalue weighted by Gasteiger charge is -2.19. The average molecular weight is 236 g/mol. The maximum atomic E-state index is 8.85. The predicted octanol–water partition coefficient (Wildman–Crippen LogP) is 3.70. The minimum absolute atomic E-state index is 0.206. The van der Waals surface area contributed by atoms with Crippen LogP contribution >= 0.6 is 0 Å². The van der Waals surface area contributed by atoms with Crippen LogP contribution in [0.4, 0.5) is 0 Å². The van der Waals surface area contributed by atoms with Gasteiger partial charge in [-0.05, 0) is 35.7 Å². The molecule has 90 valence electrons. The number of aromatic nitrogens is 1. The molecular weight excluding hydrogens is 220 g/mol. The largest absolute Gasteiger partial charge is 0.364 e. The van der Waals surface area contributed by atoms with Crippen molar-refractivity contribution in [3.05, 3.63) is 58.9 Å². The van der Waals surface area contributed by atoms with Gasteiger partial charge in [0.2, 0.25) is 0 Å². The number of aromatic amines is 1. The van der Waals surface area contributed by atoms with Gasteiger partial charge in [-0.3, -0.25) is 0 Å². The molecule has 2 heteroatoms. The topological polar surface area (TPSA) is 39.6 Å². The van der Waals surface area contributed by atoms with Crippen LogP contribution in [0.2, 0.25) is 0 Å². The standard InChI is InChI=1S/C16H16N2/c1-16(2)9-14(13-7-8-18-15(13)16)12-5-3-11(10-17)4-6-12/h3-8,14,18H,9H2,1-2H3. The van der Waals surface area contributed by atoms with Gasteiger partial charge in [-0.25, -0.2) is 0 Å². The molecule has 1 aliphatic rings. The zero-order valence-corrected chi connectivity index (χ0v) is 10.7. The van der Waals surface area contributed by atoms with Crippen molar-refractivity contribution in [2.75, 3.05) is 0 Å². The highest BCUT2D eigenvalue weighted by Crippen LogP contribution is 2.47. The van der Waals surface area contributed by atoms with E-state index in [2.05, 4.69) is 43.1 Å². The number of H-pyrrole nitrogens is 1. The summed E-state index contributed by atoms with van der Waals surface area (Å²) in [6.07, 6.45) is 3.16. The lowest BCUT2D eigenvalue weighted by molar-refractivity contribution is 0.488. The third-order valence-corrected chi connectivity index (χ3v) is 3.99. The quantitative estimate of drug-likeness (QED) is 0.805. The number of nitrogens with zero attached hydrogens (tertiary/aromatic N) is 1. The van der Waals surface area contributed by atoms with Gasteiger partial charge in [-0.15, -0.1) is 0 Å². The number of nitriles is 1. The van der Waals surface area contributed by atoms with Crippen molar-refractivity contribution in [3.8, 4) is 6.07 Å². The molecule has 0 saturated heterocycles. The van der Waals surface area contributed by atoms with Crippen molar-refractivity contribution in [2.24, 2.45) is 0 Å². The smallest absolute Gasteiger partial charge is 0.0991 e. The summed E-state index contributed by atoms with van der Waals surface area (Å²) in [4.78, 5) is 3.38. The van der Waals surface area contributed by atoms with Gasteiger partial charge in [-0.2, -0.15) is 5.26 Å². The van der Waals surface area contributed by atoms with Crippen LogP contribution in [-0.4, -0.2) is 4.98 Å². The minimum Gasteiger partial charge on any atom is -0.364 e. The van der Waals surface area contributed by atoms with Gasteiger partial charge >= 0.3 is 0 Å². The SMILES string of the molecule is CC1(C)CC(c2ccc(C#N)cc2)c2cc[nH]c21. The minimum atomic E-state index is 0.206. The van der Waals surface area contributed by atoms with Crippen LogP contribution in [-0.2, 0) is 5.41 Å². The number of fused-ring (bicyclic) bond motifs is 1. The monoisotopic (exact) mass is 236 g/mol. The van der Waals surface area contributed by atoms with Crippen LogP contribution in [0.25, 0.3) is 0 Å². The Morgan fingerprint density at radius 1 is 1.22 bits per heavy atom. The van der Waals surface area contributed by atoms with Crippen molar-refractivity contribution in [1.29, 1.82) is 5.26 Å². The second kappa shape index (κ2) is 3.74. The van der Waals surface area contributed by atoms with E-state index < -0.39 is 0 Å². The van der Waals surface area contributed by atoms with Crippen LogP contribution in [0.1, 0.15) is 48.6 Å². The first kappa shape index (κ1) is 11.1. The molecule has 0 amide bonds. The highest BCUT2D eigenvalue weighted by Gasteiger charge is 2.38. The predicted molar refractivity (Wildman–Crippen MR) is 71.4 cm³/mol. The van der Waals surface area contributed by atoms with E-state index in [1.165, 1.54) is 16.8 Å². The highest BCUT2D eigenvalue weighted by atomic mass is 14.7. The van der Waals surface area contributed by atoms with Crippen molar-refractivity contribution in [2.45, 2.75) is 31.6 Å². The fourth-order valence-electron chi connectivity index (χ4n) is 3.07. The molecule has 0 saturated carbocycles. The van der Waals surface area contributed by atoms with E-state index in [4.69, 9.17) is 5.26 Å². The van der Waals surface area contributed by atoms with Crippen molar-refractivity contribution in [1.82, 2.24) is 4.98 Å². The summed E-state index contributed by atoms with van der Waals surface area (Å²) in [5, 5.41) is 8.85. The normalized spacial score (nSPS) is 20.4. The highest BCUT2D eigenvalue weighted by molar-refractivity contribution is 5.45. The summed E-state index contributed by atoms with van der Waals surface area (Å²) in [5.41, 5.74) is 5.00. The van der Waals surface area contributed by atoms with E-state index in [1.54, 1.807) is 0 Å². The first-order valence-electron chi connectivity index (χ1n) is 6.29. The number of hydrogen-bond acceptors (Lipinski definition) is 1. The maximum Gasteiger partial charge on any atom is 0.0991 e. The van der Waals surface area contributed by atoms with Gasteiger partial charge in [0.1, 0.15) is 0 Å². The molecular formula is C16H16N2. The molecule has 0 fully saturated rings. The molecule has 0 bridgehead atoms. The van der Waals surface area contributed by atoms with Crippen molar-refractivity contribution < 1.29 is 0 Å². The summed E-state index contributed by atoms with van der Waals surface area (Å²) in [6, 6.07) is 12.3. The first-order valence-corrected chi connectivity index (χ1v) is 6.29. The Bertz CT molecular complexity index is 611. The molecule has 1 aliphatic carbocycles. The van der Waals surface area contributed by atoms with E-state index in [0.29, 0.717) is 5.92 Å².